The Morgan fingerprint density at radius 3 is 2.39 bits per heavy atom. The summed E-state index contributed by atoms with van der Waals surface area (Å²) in [6, 6.07) is 8.40. The Morgan fingerprint density at radius 2 is 1.78 bits per heavy atom. The fourth-order valence-electron chi connectivity index (χ4n) is 1.43. The topological polar surface area (TPSA) is 35.2 Å². The molecule has 0 fully saturated rings. The molecule has 0 spiro atoms. The van der Waals surface area contributed by atoms with Crippen LogP contribution in [0, 0.1) is 11.6 Å². The molecule has 0 atom stereocenters. The van der Waals surface area contributed by atoms with Crippen LogP contribution < -0.4 is 10.5 Å². The molecule has 2 N–H and O–H groups in total. The minimum atomic E-state index is -0.505. The lowest BCUT2D eigenvalue weighted by molar-refractivity contribution is 0.438. The molecule has 0 aliphatic carbocycles. The number of benzene rings is 2. The van der Waals surface area contributed by atoms with Gasteiger partial charge in [-0.05, 0) is 51.8 Å². The summed E-state index contributed by atoms with van der Waals surface area (Å²) in [7, 11) is 0. The van der Waals surface area contributed by atoms with Gasteiger partial charge in [-0.1, -0.05) is 6.07 Å². The van der Waals surface area contributed by atoms with Gasteiger partial charge in [-0.25, -0.2) is 8.78 Å². The first-order chi connectivity index (χ1) is 8.60. The van der Waals surface area contributed by atoms with Gasteiger partial charge < -0.3 is 10.5 Å². The van der Waals surface area contributed by atoms with Gasteiger partial charge in [-0.2, -0.15) is 0 Å². The predicted octanol–water partition coefficient (Wildman–Crippen LogP) is 3.98. The molecule has 2 aromatic rings. The van der Waals surface area contributed by atoms with Crippen LogP contribution in [0.4, 0.5) is 8.78 Å². The van der Waals surface area contributed by atoms with Gasteiger partial charge in [0, 0.05) is 6.54 Å². The minimum Gasteiger partial charge on any atom is -0.453 e. The Labute approximate surface area is 112 Å². The lowest BCUT2D eigenvalue weighted by Crippen LogP contribution is -1.98. The van der Waals surface area contributed by atoms with Crippen LogP contribution in [0.1, 0.15) is 5.56 Å². The van der Waals surface area contributed by atoms with Crippen molar-refractivity contribution < 1.29 is 13.5 Å². The van der Waals surface area contributed by atoms with Crippen molar-refractivity contribution in [3.8, 4) is 11.5 Å². The maximum atomic E-state index is 13.7. The van der Waals surface area contributed by atoms with Crippen LogP contribution in [0.2, 0.25) is 0 Å². The number of nitrogens with two attached hydrogens (primary N) is 1. The Balaban J connectivity index is 2.28. The van der Waals surface area contributed by atoms with Crippen molar-refractivity contribution in [2.45, 2.75) is 6.54 Å². The predicted molar refractivity (Wildman–Crippen MR) is 68.5 cm³/mol. The van der Waals surface area contributed by atoms with E-state index in [9.17, 15) is 8.78 Å². The highest BCUT2D eigenvalue weighted by Crippen LogP contribution is 2.31. The summed E-state index contributed by atoms with van der Waals surface area (Å²) in [5.41, 5.74) is 6.08. The average molecular weight is 314 g/mol. The van der Waals surface area contributed by atoms with E-state index in [-0.39, 0.29) is 12.3 Å². The van der Waals surface area contributed by atoms with Gasteiger partial charge in [0.25, 0.3) is 0 Å². The number of halogens is 3. The molecule has 18 heavy (non-hydrogen) atoms. The zero-order valence-corrected chi connectivity index (χ0v) is 10.9. The van der Waals surface area contributed by atoms with Crippen LogP contribution in [0.15, 0.2) is 40.9 Å². The van der Waals surface area contributed by atoms with Crippen molar-refractivity contribution in [3.05, 3.63) is 58.1 Å². The standard InChI is InChI=1S/C13H10BrF2NO/c14-10-6-9(15)2-4-12(10)18-13-3-1-8(7-17)5-11(13)16/h1-6H,7,17H2. The third kappa shape index (κ3) is 2.86. The van der Waals surface area contributed by atoms with Crippen molar-refractivity contribution in [1.29, 1.82) is 0 Å². The molecule has 0 saturated heterocycles. The molecule has 0 saturated carbocycles. The first kappa shape index (κ1) is 13.0. The van der Waals surface area contributed by atoms with Gasteiger partial charge in [-0.15, -0.1) is 0 Å². The number of rotatable bonds is 3. The van der Waals surface area contributed by atoms with E-state index < -0.39 is 11.6 Å². The fourth-order valence-corrected chi connectivity index (χ4v) is 1.86. The molecule has 0 aliphatic rings. The van der Waals surface area contributed by atoms with Crippen molar-refractivity contribution in [2.24, 2.45) is 5.73 Å². The highest BCUT2D eigenvalue weighted by atomic mass is 79.9. The van der Waals surface area contributed by atoms with Crippen LogP contribution in [-0.2, 0) is 6.54 Å². The van der Waals surface area contributed by atoms with Crippen molar-refractivity contribution in [1.82, 2.24) is 0 Å². The van der Waals surface area contributed by atoms with Gasteiger partial charge in [0.15, 0.2) is 11.6 Å². The number of hydrogen-bond acceptors (Lipinski definition) is 2. The van der Waals surface area contributed by atoms with Gasteiger partial charge in [-0.3, -0.25) is 0 Å². The van der Waals surface area contributed by atoms with Crippen LogP contribution in [0.3, 0.4) is 0 Å². The summed E-state index contributed by atoms with van der Waals surface area (Å²) in [4.78, 5) is 0. The van der Waals surface area contributed by atoms with E-state index in [1.54, 1.807) is 6.07 Å². The minimum absolute atomic E-state index is 0.0690. The molecule has 2 aromatic carbocycles. The van der Waals surface area contributed by atoms with Gasteiger partial charge in [0.2, 0.25) is 0 Å². The molecule has 0 aliphatic heterocycles. The third-order valence-electron chi connectivity index (χ3n) is 2.35. The van der Waals surface area contributed by atoms with Crippen LogP contribution in [0.25, 0.3) is 0 Å². The molecule has 5 heteroatoms. The Morgan fingerprint density at radius 1 is 1.06 bits per heavy atom. The van der Waals surface area contributed by atoms with Gasteiger partial charge >= 0.3 is 0 Å². The monoisotopic (exact) mass is 313 g/mol. The second-order valence-corrected chi connectivity index (χ2v) is 4.50. The summed E-state index contributed by atoms with van der Waals surface area (Å²) in [6.07, 6.45) is 0. The van der Waals surface area contributed by atoms with Crippen LogP contribution in [0.5, 0.6) is 11.5 Å². The zero-order chi connectivity index (χ0) is 13.1. The van der Waals surface area contributed by atoms with Crippen LogP contribution >= 0.6 is 15.9 Å². The Kier molecular flexibility index (Phi) is 3.93. The molecule has 2 nitrogen and oxygen atoms in total. The normalized spacial score (nSPS) is 10.4. The lowest BCUT2D eigenvalue weighted by atomic mass is 10.2. The lowest BCUT2D eigenvalue weighted by Gasteiger charge is -2.09. The highest BCUT2D eigenvalue weighted by molar-refractivity contribution is 9.10. The molecule has 0 radical (unpaired) electrons. The molecule has 0 aromatic heterocycles. The maximum absolute atomic E-state index is 13.7. The van der Waals surface area contributed by atoms with E-state index in [0.717, 1.165) is 0 Å². The summed E-state index contributed by atoms with van der Waals surface area (Å²) in [5, 5.41) is 0. The van der Waals surface area contributed by atoms with Gasteiger partial charge in [0.05, 0.1) is 4.47 Å². The largest absolute Gasteiger partial charge is 0.453 e. The quantitative estimate of drug-likeness (QED) is 0.930. The molecular formula is C13H10BrF2NO. The van der Waals surface area contributed by atoms with Gasteiger partial charge in [0.1, 0.15) is 11.6 Å². The average Bonchev–Trinajstić information content (AvgIpc) is 2.34. The van der Waals surface area contributed by atoms with E-state index in [0.29, 0.717) is 15.8 Å². The van der Waals surface area contributed by atoms with Crippen molar-refractivity contribution in [3.63, 3.8) is 0 Å². The maximum Gasteiger partial charge on any atom is 0.166 e. The fraction of sp³-hybridized carbons (Fsp3) is 0.0769. The smallest absolute Gasteiger partial charge is 0.166 e. The second kappa shape index (κ2) is 5.46. The highest BCUT2D eigenvalue weighted by Gasteiger charge is 2.08. The SMILES string of the molecule is NCc1ccc(Oc2ccc(F)cc2Br)c(F)c1. The zero-order valence-electron chi connectivity index (χ0n) is 9.29. The number of ether oxygens (including phenoxy) is 1. The van der Waals surface area contributed by atoms with Crippen molar-refractivity contribution in [2.75, 3.05) is 0 Å². The first-order valence-electron chi connectivity index (χ1n) is 5.21. The molecule has 0 unspecified atom stereocenters. The van der Waals surface area contributed by atoms with E-state index >= 15 is 0 Å². The Hall–Kier alpha value is -1.46. The summed E-state index contributed by atoms with van der Waals surface area (Å²) in [5.74, 6) is -0.488. The summed E-state index contributed by atoms with van der Waals surface area (Å²) in [6.45, 7) is 0.261. The molecule has 0 bridgehead atoms. The second-order valence-electron chi connectivity index (χ2n) is 3.65. The van der Waals surface area contributed by atoms with E-state index in [1.807, 2.05) is 0 Å². The van der Waals surface area contributed by atoms with E-state index in [1.165, 1.54) is 30.3 Å². The van der Waals surface area contributed by atoms with Crippen molar-refractivity contribution >= 4 is 15.9 Å². The van der Waals surface area contributed by atoms with Crippen LogP contribution in [-0.4, -0.2) is 0 Å². The summed E-state index contributed by atoms with van der Waals surface area (Å²) < 4.78 is 32.3. The molecule has 0 amide bonds. The molecule has 2 rings (SSSR count). The summed E-state index contributed by atoms with van der Waals surface area (Å²) >= 11 is 3.15. The molecule has 94 valence electrons. The van der Waals surface area contributed by atoms with E-state index in [4.69, 9.17) is 10.5 Å². The van der Waals surface area contributed by atoms with E-state index in [2.05, 4.69) is 15.9 Å². The first-order valence-corrected chi connectivity index (χ1v) is 6.01. The Bertz CT molecular complexity index is 575. The third-order valence-corrected chi connectivity index (χ3v) is 2.97. The molecule has 0 heterocycles. The number of hydrogen-bond donors (Lipinski definition) is 1. The molecular weight excluding hydrogens is 304 g/mol.